The Hall–Kier alpha value is -3.26. The minimum Gasteiger partial charge on any atom is -0.410 e. The highest BCUT2D eigenvalue weighted by atomic mass is 35.5. The molecule has 0 amide bonds. The smallest absolute Gasteiger partial charge is 0.289 e. The van der Waals surface area contributed by atoms with Gasteiger partial charge in [-0.1, -0.05) is 52.5 Å². The van der Waals surface area contributed by atoms with Gasteiger partial charge in [0.2, 0.25) is 5.82 Å². The van der Waals surface area contributed by atoms with Crippen molar-refractivity contribution in [1.29, 1.82) is 0 Å². The molecule has 10 heteroatoms. The van der Waals surface area contributed by atoms with Crippen molar-refractivity contribution in [3.05, 3.63) is 92.6 Å². The molecule has 5 rings (SSSR count). The number of aromatic nitrogens is 5. The molecule has 3 heterocycles. The Morgan fingerprint density at radius 2 is 1.82 bits per heavy atom. The van der Waals surface area contributed by atoms with Crippen LogP contribution < -0.4 is 0 Å². The monoisotopic (exact) mass is 497 g/mol. The van der Waals surface area contributed by atoms with E-state index in [-0.39, 0.29) is 28.3 Å². The molecule has 0 N–H and O–H groups in total. The van der Waals surface area contributed by atoms with Crippen LogP contribution in [0.1, 0.15) is 27.4 Å². The first kappa shape index (κ1) is 21.6. The first-order valence-corrected chi connectivity index (χ1v) is 10.9. The number of fused-ring (bicyclic) bond motifs is 1. The summed E-state index contributed by atoms with van der Waals surface area (Å²) in [6, 6.07) is 12.7. The van der Waals surface area contributed by atoms with E-state index < -0.39 is 5.78 Å². The fourth-order valence-electron chi connectivity index (χ4n) is 3.55. The van der Waals surface area contributed by atoms with Gasteiger partial charge in [-0.15, -0.1) is 10.2 Å². The van der Waals surface area contributed by atoms with Gasteiger partial charge in [0.05, 0.1) is 17.6 Å². The molecule has 2 aromatic carbocycles. The second kappa shape index (κ2) is 8.59. The minimum absolute atomic E-state index is 0.0444. The van der Waals surface area contributed by atoms with E-state index in [1.165, 1.54) is 0 Å². The predicted molar refractivity (Wildman–Crippen MR) is 126 cm³/mol. The molecule has 0 bridgehead atoms. The Kier molecular flexibility index (Phi) is 5.62. The quantitative estimate of drug-likeness (QED) is 0.275. The fourth-order valence-corrected chi connectivity index (χ4v) is 4.36. The van der Waals surface area contributed by atoms with E-state index in [1.807, 2.05) is 35.8 Å². The highest BCUT2D eigenvalue weighted by molar-refractivity contribution is 6.37. The van der Waals surface area contributed by atoms with Gasteiger partial charge in [-0.2, -0.15) is 0 Å². The lowest BCUT2D eigenvalue weighted by atomic mass is 10.1. The van der Waals surface area contributed by atoms with Crippen molar-refractivity contribution in [2.75, 3.05) is 0 Å². The minimum atomic E-state index is -0.494. The predicted octanol–water partition coefficient (Wildman–Crippen LogP) is 6.03. The highest BCUT2D eigenvalue weighted by Crippen LogP contribution is 2.34. The van der Waals surface area contributed by atoms with Crippen LogP contribution in [0.15, 0.2) is 59.3 Å². The molecular weight excluding hydrogens is 485 g/mol. The number of halogens is 3. The van der Waals surface area contributed by atoms with Crippen LogP contribution in [0.25, 0.3) is 22.6 Å². The molecule has 0 saturated carbocycles. The molecule has 0 aliphatic rings. The van der Waals surface area contributed by atoms with Gasteiger partial charge in [-0.3, -0.25) is 4.79 Å². The molecule has 0 atom stereocenters. The lowest BCUT2D eigenvalue weighted by Gasteiger charge is -2.10. The van der Waals surface area contributed by atoms with Crippen LogP contribution in [-0.2, 0) is 6.54 Å². The molecule has 3 aromatic heterocycles. The van der Waals surface area contributed by atoms with Crippen LogP contribution in [0.5, 0.6) is 0 Å². The van der Waals surface area contributed by atoms with Crippen molar-refractivity contribution in [2.45, 2.75) is 13.5 Å². The second-order valence-corrected chi connectivity index (χ2v) is 8.52. The van der Waals surface area contributed by atoms with Crippen LogP contribution in [-0.4, -0.2) is 30.5 Å². The van der Waals surface area contributed by atoms with Crippen molar-refractivity contribution in [1.82, 2.24) is 24.7 Å². The van der Waals surface area contributed by atoms with Crippen LogP contribution >= 0.6 is 34.8 Å². The van der Waals surface area contributed by atoms with E-state index in [9.17, 15) is 4.79 Å². The maximum atomic E-state index is 13.4. The summed E-state index contributed by atoms with van der Waals surface area (Å²) in [6.07, 6.45) is 3.09. The summed E-state index contributed by atoms with van der Waals surface area (Å²) in [7, 11) is 0. The third-order valence-corrected chi connectivity index (χ3v) is 6.08. The van der Waals surface area contributed by atoms with Gasteiger partial charge in [0.25, 0.3) is 17.6 Å². The number of rotatable bonds is 5. The fraction of sp³-hybridized carbons (Fsp3) is 0.0870. The Bertz CT molecular complexity index is 1510. The van der Waals surface area contributed by atoms with E-state index in [1.54, 1.807) is 30.6 Å². The number of hydrogen-bond acceptors (Lipinski definition) is 6. The maximum absolute atomic E-state index is 13.4. The summed E-state index contributed by atoms with van der Waals surface area (Å²) in [5.74, 6) is -0.426. The maximum Gasteiger partial charge on any atom is 0.289 e. The van der Waals surface area contributed by atoms with Gasteiger partial charge in [0, 0.05) is 27.8 Å². The van der Waals surface area contributed by atoms with E-state index in [4.69, 9.17) is 39.2 Å². The van der Waals surface area contributed by atoms with Gasteiger partial charge in [0.15, 0.2) is 0 Å². The molecule has 0 spiro atoms. The first-order valence-electron chi connectivity index (χ1n) is 9.80. The molecule has 0 unspecified atom stereocenters. The van der Waals surface area contributed by atoms with E-state index >= 15 is 0 Å². The lowest BCUT2D eigenvalue weighted by Crippen LogP contribution is -2.04. The summed E-state index contributed by atoms with van der Waals surface area (Å²) < 4.78 is 7.40. The normalized spacial score (nSPS) is 11.3. The zero-order valence-corrected chi connectivity index (χ0v) is 19.4. The largest absolute Gasteiger partial charge is 0.410 e. The summed E-state index contributed by atoms with van der Waals surface area (Å²) in [5, 5.41) is 9.77. The third-order valence-electron chi connectivity index (χ3n) is 5.10. The average molecular weight is 499 g/mol. The van der Waals surface area contributed by atoms with Gasteiger partial charge in [-0.05, 0) is 42.8 Å². The van der Waals surface area contributed by atoms with Crippen molar-refractivity contribution in [3.63, 3.8) is 0 Å². The number of nitrogens with zero attached hydrogens (tertiary/aromatic N) is 5. The van der Waals surface area contributed by atoms with Gasteiger partial charge in [-0.25, -0.2) is 9.97 Å². The Balaban J connectivity index is 1.61. The van der Waals surface area contributed by atoms with Gasteiger partial charge >= 0.3 is 0 Å². The molecule has 0 saturated heterocycles. The zero-order valence-electron chi connectivity index (χ0n) is 17.1. The Morgan fingerprint density at radius 1 is 1.03 bits per heavy atom. The number of aryl methyl sites for hydroxylation is 1. The summed E-state index contributed by atoms with van der Waals surface area (Å²) in [5.41, 5.74) is 2.82. The van der Waals surface area contributed by atoms with E-state index in [0.29, 0.717) is 22.0 Å². The molecule has 0 aliphatic heterocycles. The summed E-state index contributed by atoms with van der Waals surface area (Å²) >= 11 is 19.2. The molecule has 5 aromatic rings. The van der Waals surface area contributed by atoms with Crippen LogP contribution in [0, 0.1) is 6.92 Å². The Labute approximate surface area is 203 Å². The number of benzene rings is 2. The lowest BCUT2D eigenvalue weighted by molar-refractivity contribution is 0.100. The molecule has 0 fully saturated rings. The zero-order chi connectivity index (χ0) is 23.1. The molecule has 7 nitrogen and oxygen atoms in total. The van der Waals surface area contributed by atoms with Crippen LogP contribution in [0.2, 0.25) is 15.2 Å². The summed E-state index contributed by atoms with van der Waals surface area (Å²) in [6.45, 7) is 2.28. The average Bonchev–Trinajstić information content (AvgIpc) is 3.39. The standard InChI is InChI=1S/C23H14Cl3N5O2/c1-12-3-6-17-15(9-12)18(20(26)31(17)11-13-4-5-14(24)10-16(13)25)19(32)22-29-30-23(33-22)21-27-7-2-8-28-21/h2-10H,11H2,1H3. The SMILES string of the molecule is Cc1ccc2c(c1)c(C(=O)c1nnc(-c3ncccn3)o1)c(Cl)n2Cc1ccc(Cl)cc1Cl. The molecule has 33 heavy (non-hydrogen) atoms. The van der Waals surface area contributed by atoms with Crippen molar-refractivity contribution < 1.29 is 9.21 Å². The molecular formula is C23H14Cl3N5O2. The highest BCUT2D eigenvalue weighted by Gasteiger charge is 2.27. The van der Waals surface area contributed by atoms with Crippen molar-refractivity contribution >= 4 is 51.5 Å². The van der Waals surface area contributed by atoms with Crippen molar-refractivity contribution in [3.8, 4) is 11.7 Å². The number of ketones is 1. The third kappa shape index (κ3) is 3.99. The topological polar surface area (TPSA) is 86.7 Å². The van der Waals surface area contributed by atoms with E-state index in [2.05, 4.69) is 20.2 Å². The Morgan fingerprint density at radius 3 is 2.58 bits per heavy atom. The number of carbonyl (C=O) groups is 1. The van der Waals surface area contributed by atoms with Crippen LogP contribution in [0.4, 0.5) is 0 Å². The first-order chi connectivity index (χ1) is 15.9. The van der Waals surface area contributed by atoms with Gasteiger partial charge < -0.3 is 8.98 Å². The number of hydrogen-bond donors (Lipinski definition) is 0. The summed E-state index contributed by atoms with van der Waals surface area (Å²) in [4.78, 5) is 21.6. The van der Waals surface area contributed by atoms with Crippen LogP contribution in [0.3, 0.4) is 0 Å². The molecule has 0 radical (unpaired) electrons. The number of carbonyl (C=O) groups excluding carboxylic acids is 1. The molecule has 0 aliphatic carbocycles. The molecule has 164 valence electrons. The van der Waals surface area contributed by atoms with E-state index in [0.717, 1.165) is 16.6 Å². The van der Waals surface area contributed by atoms with Gasteiger partial charge in [0.1, 0.15) is 5.15 Å². The second-order valence-electron chi connectivity index (χ2n) is 7.32. The van der Waals surface area contributed by atoms with Crippen molar-refractivity contribution in [2.24, 2.45) is 0 Å².